The second-order valence-electron chi connectivity index (χ2n) is 4.84. The topological polar surface area (TPSA) is 50.7 Å². The van der Waals surface area contributed by atoms with Gasteiger partial charge in [0.15, 0.2) is 0 Å². The number of hydrogen-bond acceptors (Lipinski definition) is 4. The maximum Gasteiger partial charge on any atom is 0.123 e. The van der Waals surface area contributed by atoms with Gasteiger partial charge in [0.25, 0.3) is 0 Å². The van der Waals surface area contributed by atoms with Gasteiger partial charge in [-0.05, 0) is 30.7 Å². The van der Waals surface area contributed by atoms with E-state index < -0.39 is 6.10 Å². The number of nitrogens with one attached hydrogen (secondary N) is 1. The number of benzene rings is 2. The van der Waals surface area contributed by atoms with Crippen molar-refractivity contribution in [3.63, 3.8) is 0 Å². The number of para-hydroxylation sites is 1. The van der Waals surface area contributed by atoms with Crippen LogP contribution in [-0.2, 0) is 0 Å². The smallest absolute Gasteiger partial charge is 0.123 e. The lowest BCUT2D eigenvalue weighted by atomic mass is 10.2. The second-order valence-corrected chi connectivity index (χ2v) is 4.84. The van der Waals surface area contributed by atoms with Crippen LogP contribution >= 0.6 is 0 Å². The number of ether oxygens (including phenoxy) is 2. The lowest BCUT2D eigenvalue weighted by molar-refractivity contribution is 0.117. The predicted octanol–water partition coefficient (Wildman–Crippen LogP) is 2.86. The summed E-state index contributed by atoms with van der Waals surface area (Å²) in [5.74, 6) is 1.42. The third-order valence-electron chi connectivity index (χ3n) is 3.16. The Kier molecular flexibility index (Phi) is 5.46. The van der Waals surface area contributed by atoms with Gasteiger partial charge in [-0.3, -0.25) is 0 Å². The normalized spacial score (nSPS) is 11.8. The average molecular weight is 287 g/mol. The maximum atomic E-state index is 9.97. The molecule has 2 N–H and O–H groups in total. The number of aliphatic hydroxyl groups excluding tert-OH is 1. The largest absolute Gasteiger partial charge is 0.497 e. The van der Waals surface area contributed by atoms with E-state index in [2.05, 4.69) is 5.32 Å². The van der Waals surface area contributed by atoms with Crippen molar-refractivity contribution >= 4 is 5.69 Å². The van der Waals surface area contributed by atoms with E-state index in [0.29, 0.717) is 12.3 Å². The first kappa shape index (κ1) is 15.2. The highest BCUT2D eigenvalue weighted by atomic mass is 16.5. The molecule has 0 aromatic heterocycles. The first-order valence-corrected chi connectivity index (χ1v) is 6.93. The van der Waals surface area contributed by atoms with Crippen molar-refractivity contribution in [3.05, 3.63) is 54.1 Å². The van der Waals surface area contributed by atoms with Crippen LogP contribution in [0, 0.1) is 6.92 Å². The fraction of sp³-hybridized carbons (Fsp3) is 0.294. The zero-order valence-electron chi connectivity index (χ0n) is 12.4. The fourth-order valence-corrected chi connectivity index (χ4v) is 1.94. The zero-order valence-corrected chi connectivity index (χ0v) is 12.4. The number of methoxy groups -OCH3 is 1. The monoisotopic (exact) mass is 287 g/mol. The summed E-state index contributed by atoms with van der Waals surface area (Å²) in [5.41, 5.74) is 2.18. The van der Waals surface area contributed by atoms with Gasteiger partial charge in [-0.1, -0.05) is 24.3 Å². The molecule has 0 saturated heterocycles. The molecule has 2 aromatic carbocycles. The van der Waals surface area contributed by atoms with Crippen LogP contribution in [-0.4, -0.2) is 31.5 Å². The molecule has 2 aromatic rings. The van der Waals surface area contributed by atoms with E-state index in [0.717, 1.165) is 17.0 Å². The lowest BCUT2D eigenvalue weighted by Gasteiger charge is -2.15. The highest BCUT2D eigenvalue weighted by Gasteiger charge is 2.06. The molecule has 4 nitrogen and oxygen atoms in total. The maximum absolute atomic E-state index is 9.97. The SMILES string of the molecule is COc1cccc(OCC(O)CNc2ccccc2C)c1. The van der Waals surface area contributed by atoms with E-state index in [1.54, 1.807) is 13.2 Å². The Balaban J connectivity index is 1.79. The van der Waals surface area contributed by atoms with Crippen LogP contribution in [0.25, 0.3) is 0 Å². The summed E-state index contributed by atoms with van der Waals surface area (Å²) in [7, 11) is 1.61. The highest BCUT2D eigenvalue weighted by Crippen LogP contribution is 2.19. The van der Waals surface area contributed by atoms with Crippen LogP contribution in [0.3, 0.4) is 0 Å². The molecule has 4 heteroatoms. The van der Waals surface area contributed by atoms with Crippen molar-refractivity contribution in [1.29, 1.82) is 0 Å². The highest BCUT2D eigenvalue weighted by molar-refractivity contribution is 5.50. The molecule has 0 saturated carbocycles. The first-order chi connectivity index (χ1) is 10.2. The summed E-state index contributed by atoms with van der Waals surface area (Å²) >= 11 is 0. The minimum atomic E-state index is -0.587. The summed E-state index contributed by atoms with van der Waals surface area (Å²) in [6, 6.07) is 15.3. The van der Waals surface area contributed by atoms with Crippen LogP contribution in [0.1, 0.15) is 5.56 Å². The minimum Gasteiger partial charge on any atom is -0.497 e. The first-order valence-electron chi connectivity index (χ1n) is 6.93. The van der Waals surface area contributed by atoms with Crippen molar-refractivity contribution in [2.24, 2.45) is 0 Å². The molecule has 0 bridgehead atoms. The molecule has 0 aliphatic rings. The fourth-order valence-electron chi connectivity index (χ4n) is 1.94. The Morgan fingerprint density at radius 2 is 1.86 bits per heavy atom. The summed E-state index contributed by atoms with van der Waals surface area (Å²) < 4.78 is 10.7. The average Bonchev–Trinajstić information content (AvgIpc) is 2.52. The number of hydrogen-bond donors (Lipinski definition) is 2. The summed E-state index contributed by atoms with van der Waals surface area (Å²) in [5, 5.41) is 13.2. The van der Waals surface area contributed by atoms with Gasteiger partial charge >= 0.3 is 0 Å². The van der Waals surface area contributed by atoms with E-state index in [-0.39, 0.29) is 6.61 Å². The number of aryl methyl sites for hydroxylation is 1. The molecule has 0 radical (unpaired) electrons. The van der Waals surface area contributed by atoms with Crippen molar-refractivity contribution in [3.8, 4) is 11.5 Å². The predicted molar refractivity (Wildman–Crippen MR) is 84.2 cm³/mol. The van der Waals surface area contributed by atoms with Gasteiger partial charge in [0.1, 0.15) is 24.2 Å². The van der Waals surface area contributed by atoms with Crippen molar-refractivity contribution in [2.75, 3.05) is 25.6 Å². The van der Waals surface area contributed by atoms with Gasteiger partial charge in [-0.15, -0.1) is 0 Å². The van der Waals surface area contributed by atoms with Gasteiger partial charge < -0.3 is 19.9 Å². The molecular weight excluding hydrogens is 266 g/mol. The van der Waals surface area contributed by atoms with Crippen LogP contribution in [0.15, 0.2) is 48.5 Å². The third kappa shape index (κ3) is 4.68. The van der Waals surface area contributed by atoms with Crippen LogP contribution in [0.4, 0.5) is 5.69 Å². The Bertz CT molecular complexity index is 571. The summed E-state index contributed by atoms with van der Waals surface area (Å²) in [4.78, 5) is 0. The van der Waals surface area contributed by atoms with Crippen molar-refractivity contribution < 1.29 is 14.6 Å². The molecule has 0 aliphatic heterocycles. The zero-order chi connectivity index (χ0) is 15.1. The molecule has 0 aliphatic carbocycles. The molecule has 21 heavy (non-hydrogen) atoms. The molecule has 0 spiro atoms. The Labute approximate surface area is 125 Å². The van der Waals surface area contributed by atoms with Crippen molar-refractivity contribution in [1.82, 2.24) is 0 Å². The molecule has 2 rings (SSSR count). The molecule has 112 valence electrons. The Hall–Kier alpha value is -2.20. The number of rotatable bonds is 7. The Morgan fingerprint density at radius 1 is 1.10 bits per heavy atom. The molecular formula is C17H21NO3. The molecule has 1 atom stereocenters. The summed E-state index contributed by atoms with van der Waals surface area (Å²) in [6.45, 7) is 2.70. The van der Waals surface area contributed by atoms with Gasteiger partial charge in [0, 0.05) is 18.3 Å². The molecule has 0 heterocycles. The van der Waals surface area contributed by atoms with Gasteiger partial charge in [-0.25, -0.2) is 0 Å². The lowest BCUT2D eigenvalue weighted by Crippen LogP contribution is -2.26. The van der Waals surface area contributed by atoms with Gasteiger partial charge in [-0.2, -0.15) is 0 Å². The van der Waals surface area contributed by atoms with Crippen LogP contribution in [0.5, 0.6) is 11.5 Å². The molecule has 0 amide bonds. The minimum absolute atomic E-state index is 0.228. The van der Waals surface area contributed by atoms with Crippen LogP contribution < -0.4 is 14.8 Å². The van der Waals surface area contributed by atoms with Crippen molar-refractivity contribution in [2.45, 2.75) is 13.0 Å². The second kappa shape index (κ2) is 7.55. The van der Waals surface area contributed by atoms with Gasteiger partial charge in [0.05, 0.1) is 7.11 Å². The van der Waals surface area contributed by atoms with Gasteiger partial charge in [0.2, 0.25) is 0 Å². The number of aliphatic hydroxyl groups is 1. The standard InChI is InChI=1S/C17H21NO3/c1-13-6-3-4-9-17(13)18-11-14(19)12-21-16-8-5-7-15(10-16)20-2/h3-10,14,18-19H,11-12H2,1-2H3. The van der Waals surface area contributed by atoms with E-state index in [1.165, 1.54) is 0 Å². The van der Waals surface area contributed by atoms with E-state index in [1.807, 2.05) is 49.4 Å². The van der Waals surface area contributed by atoms with E-state index >= 15 is 0 Å². The summed E-state index contributed by atoms with van der Waals surface area (Å²) in [6.07, 6.45) is -0.587. The van der Waals surface area contributed by atoms with E-state index in [4.69, 9.17) is 9.47 Å². The molecule has 0 fully saturated rings. The third-order valence-corrected chi connectivity index (χ3v) is 3.16. The van der Waals surface area contributed by atoms with Crippen LogP contribution in [0.2, 0.25) is 0 Å². The number of anilines is 1. The van der Waals surface area contributed by atoms with E-state index in [9.17, 15) is 5.11 Å². The quantitative estimate of drug-likeness (QED) is 0.822. The Morgan fingerprint density at radius 3 is 2.62 bits per heavy atom. The molecule has 1 unspecified atom stereocenters.